The van der Waals surface area contributed by atoms with Crippen LogP contribution in [-0.4, -0.2) is 115 Å². The number of urea groups is 1. The van der Waals surface area contributed by atoms with Gasteiger partial charge in [-0.15, -0.1) is 0 Å². The molecule has 0 unspecified atom stereocenters. The Hall–Kier alpha value is -6.03. The van der Waals surface area contributed by atoms with E-state index >= 15 is 8.78 Å². The zero-order valence-electron chi connectivity index (χ0n) is 32.7. The second kappa shape index (κ2) is 15.0. The second-order valence-electron chi connectivity index (χ2n) is 16.4. The van der Waals surface area contributed by atoms with Crippen LogP contribution in [-0.2, 0) is 10.4 Å². The Labute approximate surface area is 338 Å². The Balaban J connectivity index is 0.787. The number of aliphatic hydroxyl groups is 1. The van der Waals surface area contributed by atoms with E-state index in [1.807, 2.05) is 15.8 Å². The summed E-state index contributed by atoms with van der Waals surface area (Å²) in [6.45, 7) is 8.21. The molecule has 5 aromatic rings. The molecule has 306 valence electrons. The predicted octanol–water partition coefficient (Wildman–Crippen LogP) is 4.14. The number of carbonyl (C=O) groups is 3. The van der Waals surface area contributed by atoms with Crippen molar-refractivity contribution in [3.05, 3.63) is 77.4 Å². The van der Waals surface area contributed by atoms with Gasteiger partial charge in [0.15, 0.2) is 17.3 Å². The van der Waals surface area contributed by atoms with E-state index in [0.717, 1.165) is 62.1 Å². The number of rotatable bonds is 8. The average Bonchev–Trinajstić information content (AvgIpc) is 3.81. The first kappa shape index (κ1) is 38.5. The van der Waals surface area contributed by atoms with Crippen LogP contribution in [0, 0.1) is 23.0 Å². The fourth-order valence-corrected chi connectivity index (χ4v) is 8.96. The lowest BCUT2D eigenvalue weighted by Crippen LogP contribution is -2.64. The number of hydrogen-bond acceptors (Lipinski definition) is 11. The van der Waals surface area contributed by atoms with Crippen molar-refractivity contribution in [1.29, 1.82) is 5.26 Å². The van der Waals surface area contributed by atoms with Gasteiger partial charge in [0, 0.05) is 81.6 Å². The van der Waals surface area contributed by atoms with E-state index in [1.54, 1.807) is 38.1 Å². The van der Waals surface area contributed by atoms with Gasteiger partial charge < -0.3 is 15.3 Å². The molecule has 3 saturated heterocycles. The van der Waals surface area contributed by atoms with E-state index in [2.05, 4.69) is 31.6 Å². The summed E-state index contributed by atoms with van der Waals surface area (Å²) < 4.78 is 33.6. The Morgan fingerprint density at radius 2 is 1.63 bits per heavy atom. The number of anilines is 3. The average molecular weight is 807 g/mol. The summed E-state index contributed by atoms with van der Waals surface area (Å²) in [7, 11) is 0. The number of pyridine rings is 1. The number of nitrogens with one attached hydrogen (secondary N) is 2. The van der Waals surface area contributed by atoms with E-state index in [0.29, 0.717) is 52.9 Å². The lowest BCUT2D eigenvalue weighted by Gasteiger charge is -2.50. The molecule has 1 aliphatic carbocycles. The molecule has 4 fully saturated rings. The van der Waals surface area contributed by atoms with Crippen molar-refractivity contribution in [3.8, 4) is 6.07 Å². The van der Waals surface area contributed by atoms with Crippen molar-refractivity contribution in [2.75, 3.05) is 60.9 Å². The standard InChI is InChI=1S/C41H44F2N12O4/c1-41(2,59)37-33(46-39(57)34-8-7-28-15-24(19-44)20-45-55(28)34)16-25-21-54(49-38(25)48-37)27-5-3-26(4-6-27)50-11-13-51(14-12-50)30-22-52(23-30)29-17-31(42)36(32(43)18-29)53-10-9-35(56)47-40(53)58/h7-8,15-18,20-21,26-27,30,59H,3-6,9-14,22-23H2,1-2H3,(H,46,57)(H,47,56,58). The normalized spacial score (nSPS) is 21.2. The van der Waals surface area contributed by atoms with Gasteiger partial charge in [0.25, 0.3) is 5.91 Å². The maximum absolute atomic E-state index is 15.1. The van der Waals surface area contributed by atoms with Crippen molar-refractivity contribution in [1.82, 2.24) is 39.5 Å². The third-order valence-corrected chi connectivity index (χ3v) is 12.2. The summed E-state index contributed by atoms with van der Waals surface area (Å²) in [5, 5.41) is 35.1. The summed E-state index contributed by atoms with van der Waals surface area (Å²) in [6, 6.07) is 11.5. The summed E-state index contributed by atoms with van der Waals surface area (Å²) in [6.07, 6.45) is 7.30. The zero-order chi connectivity index (χ0) is 41.2. The highest BCUT2D eigenvalue weighted by atomic mass is 19.1. The van der Waals surface area contributed by atoms with E-state index in [1.165, 1.54) is 22.8 Å². The second-order valence-corrected chi connectivity index (χ2v) is 16.4. The number of nitriles is 1. The van der Waals surface area contributed by atoms with Crippen LogP contribution in [0.1, 0.15) is 73.7 Å². The molecule has 0 atom stereocenters. The van der Waals surface area contributed by atoms with Crippen LogP contribution in [0.25, 0.3) is 16.6 Å². The molecule has 4 amide bonds. The van der Waals surface area contributed by atoms with Crippen LogP contribution in [0.5, 0.6) is 0 Å². The molecule has 59 heavy (non-hydrogen) atoms. The fraction of sp³-hybridized carbons (Fsp3) is 0.439. The zero-order valence-corrected chi connectivity index (χ0v) is 32.7. The molecule has 4 aliphatic rings. The van der Waals surface area contributed by atoms with Crippen LogP contribution in [0.15, 0.2) is 48.8 Å². The predicted molar refractivity (Wildman–Crippen MR) is 213 cm³/mol. The molecule has 9 rings (SSSR count). The molecule has 3 N–H and O–H groups in total. The van der Waals surface area contributed by atoms with Crippen molar-refractivity contribution >= 4 is 51.5 Å². The number of amides is 4. The summed E-state index contributed by atoms with van der Waals surface area (Å²) in [4.78, 5) is 49.8. The van der Waals surface area contributed by atoms with Crippen molar-refractivity contribution in [2.45, 2.75) is 69.7 Å². The van der Waals surface area contributed by atoms with Gasteiger partial charge >= 0.3 is 6.03 Å². The monoisotopic (exact) mass is 806 g/mol. The first-order valence-electron chi connectivity index (χ1n) is 20.0. The molecule has 1 saturated carbocycles. The van der Waals surface area contributed by atoms with Crippen LogP contribution in [0.4, 0.5) is 30.6 Å². The largest absolute Gasteiger partial charge is 0.384 e. The molecule has 0 radical (unpaired) electrons. The highest BCUT2D eigenvalue weighted by Crippen LogP contribution is 2.36. The molecular weight excluding hydrogens is 763 g/mol. The van der Waals surface area contributed by atoms with Crippen molar-refractivity contribution in [2.24, 2.45) is 0 Å². The molecule has 3 aliphatic heterocycles. The topological polar surface area (TPSA) is 180 Å². The number of fused-ring (bicyclic) bond motifs is 2. The van der Waals surface area contributed by atoms with Gasteiger partial charge in [-0.1, -0.05) is 0 Å². The Morgan fingerprint density at radius 3 is 2.29 bits per heavy atom. The number of imide groups is 1. The molecular formula is C41H44F2N12O4. The number of aromatic nitrogens is 5. The minimum absolute atomic E-state index is 0.0191. The third kappa shape index (κ3) is 7.34. The Kier molecular flexibility index (Phi) is 9.76. The molecule has 16 nitrogen and oxygen atoms in total. The SMILES string of the molecule is CC(C)(O)c1nc2nn(C3CCC(N4CCN(C5CN(c6cc(F)c(N7CCC(=O)NC7=O)c(F)c6)C5)CC4)CC3)cc2cc1NC(=O)c1ccc2cc(C#N)cnn12. The summed E-state index contributed by atoms with van der Waals surface area (Å²) >= 11 is 0. The number of benzene rings is 1. The van der Waals surface area contributed by atoms with Crippen LogP contribution < -0.4 is 20.4 Å². The van der Waals surface area contributed by atoms with Crippen molar-refractivity contribution in [3.63, 3.8) is 0 Å². The maximum Gasteiger partial charge on any atom is 0.328 e. The maximum atomic E-state index is 15.1. The minimum atomic E-state index is -1.37. The van der Waals surface area contributed by atoms with Gasteiger partial charge in [-0.3, -0.25) is 34.3 Å². The minimum Gasteiger partial charge on any atom is -0.384 e. The van der Waals surface area contributed by atoms with Gasteiger partial charge in [-0.05, 0) is 75.9 Å². The number of halogens is 2. The third-order valence-electron chi connectivity index (χ3n) is 12.2. The van der Waals surface area contributed by atoms with Gasteiger partial charge in [-0.25, -0.2) is 23.1 Å². The van der Waals surface area contributed by atoms with E-state index < -0.39 is 40.8 Å². The van der Waals surface area contributed by atoms with Gasteiger partial charge in [0.2, 0.25) is 5.91 Å². The van der Waals surface area contributed by atoms with Gasteiger partial charge in [0.05, 0.1) is 34.7 Å². The first-order valence-corrected chi connectivity index (χ1v) is 20.0. The molecule has 18 heteroatoms. The highest BCUT2D eigenvalue weighted by Gasteiger charge is 2.37. The van der Waals surface area contributed by atoms with Crippen LogP contribution >= 0.6 is 0 Å². The molecule has 1 aromatic carbocycles. The molecule has 0 bridgehead atoms. The summed E-state index contributed by atoms with van der Waals surface area (Å²) in [5.74, 6) is -2.56. The lowest BCUT2D eigenvalue weighted by molar-refractivity contribution is -0.120. The number of carbonyl (C=O) groups excluding carboxylic acids is 3. The van der Waals surface area contributed by atoms with Crippen molar-refractivity contribution < 1.29 is 28.3 Å². The molecule has 0 spiro atoms. The highest BCUT2D eigenvalue weighted by molar-refractivity contribution is 6.06. The number of piperazine rings is 1. The van der Waals surface area contributed by atoms with E-state index in [4.69, 9.17) is 10.1 Å². The Bertz CT molecular complexity index is 2500. The first-order chi connectivity index (χ1) is 28.3. The van der Waals surface area contributed by atoms with Gasteiger partial charge in [-0.2, -0.15) is 15.5 Å². The number of hydrogen-bond donors (Lipinski definition) is 3. The van der Waals surface area contributed by atoms with E-state index in [9.17, 15) is 24.8 Å². The van der Waals surface area contributed by atoms with Gasteiger partial charge in [0.1, 0.15) is 23.1 Å². The smallest absolute Gasteiger partial charge is 0.328 e. The summed E-state index contributed by atoms with van der Waals surface area (Å²) in [5.41, 5.74) is 1.06. The molecule has 4 aromatic heterocycles. The quantitative estimate of drug-likeness (QED) is 0.205. The van der Waals surface area contributed by atoms with Crippen LogP contribution in [0.3, 0.4) is 0 Å². The fourth-order valence-electron chi connectivity index (χ4n) is 8.96. The molecule has 7 heterocycles. The van der Waals surface area contributed by atoms with E-state index in [-0.39, 0.29) is 30.7 Å². The Morgan fingerprint density at radius 1 is 0.949 bits per heavy atom. The lowest BCUT2D eigenvalue weighted by atomic mass is 9.89. The number of nitrogens with zero attached hydrogens (tertiary/aromatic N) is 10. The van der Waals surface area contributed by atoms with Crippen LogP contribution in [0.2, 0.25) is 0 Å².